The summed E-state index contributed by atoms with van der Waals surface area (Å²) in [6, 6.07) is 7.20. The number of benzene rings is 1. The van der Waals surface area contributed by atoms with E-state index < -0.39 is 5.60 Å². The molecule has 1 unspecified atom stereocenters. The van der Waals surface area contributed by atoms with Gasteiger partial charge in [0.1, 0.15) is 5.60 Å². The van der Waals surface area contributed by atoms with Gasteiger partial charge in [-0.3, -0.25) is 4.68 Å². The highest BCUT2D eigenvalue weighted by molar-refractivity contribution is 9.10. The summed E-state index contributed by atoms with van der Waals surface area (Å²) in [5, 5.41) is 15.2. The molecule has 0 aliphatic rings. The fourth-order valence-electron chi connectivity index (χ4n) is 1.87. The predicted octanol–water partition coefficient (Wildman–Crippen LogP) is 3.09. The van der Waals surface area contributed by atoms with E-state index >= 15 is 0 Å². The van der Waals surface area contributed by atoms with Gasteiger partial charge in [-0.05, 0) is 25.1 Å². The highest BCUT2D eigenvalue weighted by atomic mass is 79.9. The van der Waals surface area contributed by atoms with Gasteiger partial charge in [-0.1, -0.05) is 33.6 Å². The number of aryl methyl sites for hydroxylation is 1. The molecule has 1 atom stereocenters. The molecular weight excluding hydrogens is 304 g/mol. The molecule has 0 aliphatic carbocycles. The highest BCUT2D eigenvalue weighted by Gasteiger charge is 2.30. The molecule has 1 aromatic carbocycles. The van der Waals surface area contributed by atoms with Crippen LogP contribution >= 0.6 is 27.5 Å². The molecule has 2 rings (SSSR count). The molecule has 17 heavy (non-hydrogen) atoms. The number of hydrogen-bond acceptors (Lipinski definition) is 2. The van der Waals surface area contributed by atoms with Crippen LogP contribution in [0.25, 0.3) is 0 Å². The molecule has 0 radical (unpaired) electrons. The molecule has 1 heterocycles. The summed E-state index contributed by atoms with van der Waals surface area (Å²) in [6.45, 7) is 1.71. The van der Waals surface area contributed by atoms with Crippen LogP contribution < -0.4 is 0 Å². The summed E-state index contributed by atoms with van der Waals surface area (Å²) in [7, 11) is 1.79. The second kappa shape index (κ2) is 4.44. The van der Waals surface area contributed by atoms with Gasteiger partial charge in [0.05, 0.1) is 5.69 Å². The average Bonchev–Trinajstić information content (AvgIpc) is 2.64. The minimum absolute atomic E-state index is 0.519. The summed E-state index contributed by atoms with van der Waals surface area (Å²) in [4.78, 5) is 0. The lowest BCUT2D eigenvalue weighted by Crippen LogP contribution is -2.26. The van der Waals surface area contributed by atoms with Crippen LogP contribution in [0.1, 0.15) is 18.2 Å². The minimum atomic E-state index is -1.16. The molecule has 0 bridgehead atoms. The maximum absolute atomic E-state index is 10.6. The van der Waals surface area contributed by atoms with Crippen LogP contribution in [-0.4, -0.2) is 14.9 Å². The van der Waals surface area contributed by atoms with E-state index in [-0.39, 0.29) is 0 Å². The van der Waals surface area contributed by atoms with Gasteiger partial charge >= 0.3 is 0 Å². The van der Waals surface area contributed by atoms with Crippen molar-refractivity contribution in [2.75, 3.05) is 0 Å². The molecule has 2 aromatic rings. The lowest BCUT2D eigenvalue weighted by atomic mass is 9.92. The Balaban J connectivity index is 2.55. The molecule has 1 aromatic heterocycles. The molecule has 0 amide bonds. The summed E-state index contributed by atoms with van der Waals surface area (Å²) in [5.74, 6) is 0. The third-order valence-corrected chi connectivity index (χ3v) is 3.58. The quantitative estimate of drug-likeness (QED) is 0.925. The van der Waals surface area contributed by atoms with Crippen molar-refractivity contribution in [1.82, 2.24) is 9.78 Å². The van der Waals surface area contributed by atoms with Gasteiger partial charge in [-0.15, -0.1) is 0 Å². The van der Waals surface area contributed by atoms with Crippen LogP contribution in [0.5, 0.6) is 0 Å². The summed E-state index contributed by atoms with van der Waals surface area (Å²) in [5.41, 5.74) is 0.191. The summed E-state index contributed by atoms with van der Waals surface area (Å²) >= 11 is 9.51. The molecule has 0 saturated carbocycles. The Bertz CT molecular complexity index is 551. The summed E-state index contributed by atoms with van der Waals surface area (Å²) in [6.07, 6.45) is 1.65. The van der Waals surface area contributed by atoms with E-state index in [0.29, 0.717) is 16.3 Å². The van der Waals surface area contributed by atoms with E-state index in [4.69, 9.17) is 11.6 Å². The Morgan fingerprint density at radius 2 is 2.12 bits per heavy atom. The SMILES string of the molecule is Cn1nccc1C(C)(O)c1ccc(Br)cc1Cl. The monoisotopic (exact) mass is 314 g/mol. The normalized spacial score (nSPS) is 14.6. The van der Waals surface area contributed by atoms with E-state index in [2.05, 4.69) is 21.0 Å². The van der Waals surface area contributed by atoms with Crippen molar-refractivity contribution in [2.45, 2.75) is 12.5 Å². The molecule has 0 spiro atoms. The first-order valence-corrected chi connectivity index (χ1v) is 6.26. The second-order valence-electron chi connectivity index (χ2n) is 4.04. The van der Waals surface area contributed by atoms with Crippen molar-refractivity contribution < 1.29 is 5.11 Å². The first-order valence-electron chi connectivity index (χ1n) is 5.09. The van der Waals surface area contributed by atoms with Crippen LogP contribution in [0.4, 0.5) is 0 Å². The zero-order chi connectivity index (χ0) is 12.6. The molecule has 0 aliphatic heterocycles. The van der Waals surface area contributed by atoms with Gasteiger partial charge in [0.15, 0.2) is 0 Å². The van der Waals surface area contributed by atoms with Crippen molar-refractivity contribution >= 4 is 27.5 Å². The van der Waals surface area contributed by atoms with Crippen LogP contribution in [0, 0.1) is 0 Å². The number of nitrogens with zero attached hydrogens (tertiary/aromatic N) is 2. The Hall–Kier alpha value is -0.840. The maximum atomic E-state index is 10.6. The molecule has 0 fully saturated rings. The number of rotatable bonds is 2. The van der Waals surface area contributed by atoms with Crippen LogP contribution in [0.3, 0.4) is 0 Å². The van der Waals surface area contributed by atoms with Gasteiger partial charge in [0.25, 0.3) is 0 Å². The van der Waals surface area contributed by atoms with Crippen molar-refractivity contribution in [3.8, 4) is 0 Å². The van der Waals surface area contributed by atoms with Crippen LogP contribution in [0.15, 0.2) is 34.9 Å². The average molecular weight is 316 g/mol. The molecule has 1 N–H and O–H groups in total. The zero-order valence-corrected chi connectivity index (χ0v) is 11.8. The molecule has 0 saturated heterocycles. The smallest absolute Gasteiger partial charge is 0.130 e. The number of aromatic nitrogens is 2. The van der Waals surface area contributed by atoms with E-state index in [9.17, 15) is 5.11 Å². The topological polar surface area (TPSA) is 38.0 Å². The molecule has 90 valence electrons. The first-order chi connectivity index (χ1) is 7.93. The fourth-order valence-corrected chi connectivity index (χ4v) is 2.73. The van der Waals surface area contributed by atoms with Crippen molar-refractivity contribution in [2.24, 2.45) is 7.05 Å². The predicted molar refractivity (Wildman–Crippen MR) is 71.0 cm³/mol. The van der Waals surface area contributed by atoms with Crippen molar-refractivity contribution in [3.05, 3.63) is 51.2 Å². The standard InChI is InChI=1S/C12H12BrClN2O/c1-12(17,11-5-6-15-16(11)2)9-4-3-8(13)7-10(9)14/h3-7,17H,1-2H3. The maximum Gasteiger partial charge on any atom is 0.130 e. The van der Waals surface area contributed by atoms with E-state index in [1.165, 1.54) is 0 Å². The number of hydrogen-bond donors (Lipinski definition) is 1. The minimum Gasteiger partial charge on any atom is -0.379 e. The Kier molecular flexibility index (Phi) is 3.30. The second-order valence-corrected chi connectivity index (χ2v) is 5.36. The summed E-state index contributed by atoms with van der Waals surface area (Å²) < 4.78 is 2.52. The van der Waals surface area contributed by atoms with Crippen LogP contribution in [-0.2, 0) is 12.6 Å². The third kappa shape index (κ3) is 2.25. The van der Waals surface area contributed by atoms with Crippen molar-refractivity contribution in [3.63, 3.8) is 0 Å². The molecule has 3 nitrogen and oxygen atoms in total. The van der Waals surface area contributed by atoms with Gasteiger partial charge in [0, 0.05) is 28.3 Å². The largest absolute Gasteiger partial charge is 0.379 e. The molecular formula is C12H12BrClN2O. The number of halogens is 2. The first kappa shape index (κ1) is 12.6. The van der Waals surface area contributed by atoms with Gasteiger partial charge in [-0.25, -0.2) is 0 Å². The van der Waals surface area contributed by atoms with Gasteiger partial charge in [-0.2, -0.15) is 5.10 Å². The lowest BCUT2D eigenvalue weighted by molar-refractivity contribution is 0.0930. The van der Waals surface area contributed by atoms with E-state index in [1.54, 1.807) is 43.0 Å². The Morgan fingerprint density at radius 3 is 2.65 bits per heavy atom. The van der Waals surface area contributed by atoms with E-state index in [1.807, 2.05) is 6.07 Å². The lowest BCUT2D eigenvalue weighted by Gasteiger charge is -2.25. The van der Waals surface area contributed by atoms with Gasteiger partial charge < -0.3 is 5.11 Å². The highest BCUT2D eigenvalue weighted by Crippen LogP contribution is 2.34. The Labute approximate surface area is 113 Å². The number of aliphatic hydroxyl groups is 1. The Morgan fingerprint density at radius 1 is 1.41 bits per heavy atom. The third-order valence-electron chi connectivity index (χ3n) is 2.78. The fraction of sp³-hybridized carbons (Fsp3) is 0.250. The van der Waals surface area contributed by atoms with Crippen LogP contribution in [0.2, 0.25) is 5.02 Å². The van der Waals surface area contributed by atoms with E-state index in [0.717, 1.165) is 4.47 Å². The zero-order valence-electron chi connectivity index (χ0n) is 9.48. The van der Waals surface area contributed by atoms with Gasteiger partial charge in [0.2, 0.25) is 0 Å². The van der Waals surface area contributed by atoms with Crippen molar-refractivity contribution in [1.29, 1.82) is 0 Å². The molecule has 5 heteroatoms.